The van der Waals surface area contributed by atoms with E-state index >= 15 is 0 Å². The number of nitrogen functional groups attached to an aromatic ring is 1. The smallest absolute Gasteiger partial charge is 0.142 e. The average Bonchev–Trinajstić information content (AvgIpc) is 2.47. The first-order valence-electron chi connectivity index (χ1n) is 6.07. The third-order valence-corrected chi connectivity index (χ3v) is 2.88. The van der Waals surface area contributed by atoms with Gasteiger partial charge in [-0.2, -0.15) is 0 Å². The van der Waals surface area contributed by atoms with E-state index in [0.717, 1.165) is 17.1 Å². The van der Waals surface area contributed by atoms with Crippen LogP contribution in [0.2, 0.25) is 0 Å². The van der Waals surface area contributed by atoms with Crippen molar-refractivity contribution in [3.8, 4) is 5.75 Å². The Labute approximate surface area is 112 Å². The Bertz CT molecular complexity index is 527. The lowest BCUT2D eigenvalue weighted by Crippen LogP contribution is -2.11. The highest BCUT2D eigenvalue weighted by atomic mass is 16.5. The van der Waals surface area contributed by atoms with E-state index < -0.39 is 0 Å². The molecule has 1 heterocycles. The van der Waals surface area contributed by atoms with E-state index in [0.29, 0.717) is 5.82 Å². The van der Waals surface area contributed by atoms with Crippen LogP contribution in [0.25, 0.3) is 0 Å². The van der Waals surface area contributed by atoms with Gasteiger partial charge in [0.1, 0.15) is 17.4 Å². The molecule has 5 nitrogen and oxygen atoms in total. The van der Waals surface area contributed by atoms with E-state index in [-0.39, 0.29) is 6.04 Å². The summed E-state index contributed by atoms with van der Waals surface area (Å²) in [5.74, 6) is 7.60. The minimum Gasteiger partial charge on any atom is -0.497 e. The SMILES string of the molecule is COc1ccc(C(C)Nc2cccc(NN)n2)cc1. The highest BCUT2D eigenvalue weighted by Gasteiger charge is 2.06. The van der Waals surface area contributed by atoms with Crippen molar-refractivity contribution in [3.63, 3.8) is 0 Å². The zero-order valence-corrected chi connectivity index (χ0v) is 11.1. The van der Waals surface area contributed by atoms with Gasteiger partial charge in [0.15, 0.2) is 0 Å². The van der Waals surface area contributed by atoms with Gasteiger partial charge in [0.25, 0.3) is 0 Å². The monoisotopic (exact) mass is 258 g/mol. The first-order valence-corrected chi connectivity index (χ1v) is 6.07. The van der Waals surface area contributed by atoms with E-state index in [9.17, 15) is 0 Å². The maximum absolute atomic E-state index is 5.34. The third kappa shape index (κ3) is 3.35. The van der Waals surface area contributed by atoms with Crippen LogP contribution in [-0.2, 0) is 0 Å². The molecule has 2 rings (SSSR count). The fourth-order valence-corrected chi connectivity index (χ4v) is 1.79. The number of hydrogen-bond acceptors (Lipinski definition) is 5. The predicted octanol–water partition coefficient (Wildman–Crippen LogP) is 2.55. The van der Waals surface area contributed by atoms with Crippen LogP contribution in [0.4, 0.5) is 11.6 Å². The molecule has 1 aromatic heterocycles. The van der Waals surface area contributed by atoms with Gasteiger partial charge in [0.2, 0.25) is 0 Å². The molecule has 0 aliphatic rings. The third-order valence-electron chi connectivity index (χ3n) is 2.88. The summed E-state index contributed by atoms with van der Waals surface area (Å²) in [6.07, 6.45) is 0. The van der Waals surface area contributed by atoms with Gasteiger partial charge in [-0.05, 0) is 36.8 Å². The molecule has 0 fully saturated rings. The van der Waals surface area contributed by atoms with Crippen LogP contribution in [0.15, 0.2) is 42.5 Å². The maximum Gasteiger partial charge on any atom is 0.142 e. The van der Waals surface area contributed by atoms with Crippen LogP contribution >= 0.6 is 0 Å². The van der Waals surface area contributed by atoms with Crippen LogP contribution in [-0.4, -0.2) is 12.1 Å². The number of benzene rings is 1. The predicted molar refractivity (Wildman–Crippen MR) is 77.1 cm³/mol. The van der Waals surface area contributed by atoms with E-state index in [1.54, 1.807) is 7.11 Å². The van der Waals surface area contributed by atoms with E-state index in [1.807, 2.05) is 42.5 Å². The van der Waals surface area contributed by atoms with Crippen molar-refractivity contribution in [3.05, 3.63) is 48.0 Å². The quantitative estimate of drug-likeness (QED) is 0.568. The molecule has 0 amide bonds. The molecule has 0 aliphatic carbocycles. The molecule has 0 bridgehead atoms. The molecule has 0 spiro atoms. The summed E-state index contributed by atoms with van der Waals surface area (Å²) in [6.45, 7) is 2.08. The Hall–Kier alpha value is -2.27. The summed E-state index contributed by atoms with van der Waals surface area (Å²) in [5, 5.41) is 3.32. The van der Waals surface area contributed by atoms with Gasteiger partial charge in [0.05, 0.1) is 7.11 Å². The number of nitrogens with two attached hydrogens (primary N) is 1. The zero-order chi connectivity index (χ0) is 13.7. The highest BCUT2D eigenvalue weighted by Crippen LogP contribution is 2.21. The van der Waals surface area contributed by atoms with Gasteiger partial charge in [0, 0.05) is 6.04 Å². The molecule has 0 saturated heterocycles. The number of anilines is 2. The summed E-state index contributed by atoms with van der Waals surface area (Å²) in [4.78, 5) is 4.32. The molecule has 100 valence electrons. The van der Waals surface area contributed by atoms with Gasteiger partial charge >= 0.3 is 0 Å². The molecule has 0 aliphatic heterocycles. The van der Waals surface area contributed by atoms with Crippen LogP contribution in [0, 0.1) is 0 Å². The second-order valence-electron chi connectivity index (χ2n) is 4.19. The van der Waals surface area contributed by atoms with E-state index in [2.05, 4.69) is 22.7 Å². The van der Waals surface area contributed by atoms with Crippen molar-refractivity contribution >= 4 is 11.6 Å². The fourth-order valence-electron chi connectivity index (χ4n) is 1.79. The fraction of sp³-hybridized carbons (Fsp3) is 0.214. The van der Waals surface area contributed by atoms with Crippen molar-refractivity contribution in [2.75, 3.05) is 17.9 Å². The zero-order valence-electron chi connectivity index (χ0n) is 11.1. The van der Waals surface area contributed by atoms with Gasteiger partial charge in [-0.1, -0.05) is 18.2 Å². The molecule has 1 aromatic carbocycles. The summed E-state index contributed by atoms with van der Waals surface area (Å²) >= 11 is 0. The van der Waals surface area contributed by atoms with Crippen molar-refractivity contribution in [2.45, 2.75) is 13.0 Å². The number of ether oxygens (including phenoxy) is 1. The number of hydrogen-bond donors (Lipinski definition) is 3. The first kappa shape index (κ1) is 13.2. The number of rotatable bonds is 5. The minimum absolute atomic E-state index is 0.145. The number of nitrogens with one attached hydrogen (secondary N) is 2. The summed E-state index contributed by atoms with van der Waals surface area (Å²) in [7, 11) is 1.66. The molecule has 19 heavy (non-hydrogen) atoms. The van der Waals surface area contributed by atoms with Crippen molar-refractivity contribution in [1.29, 1.82) is 0 Å². The van der Waals surface area contributed by atoms with Crippen molar-refractivity contribution in [1.82, 2.24) is 4.98 Å². The Morgan fingerprint density at radius 2 is 1.79 bits per heavy atom. The average molecular weight is 258 g/mol. The van der Waals surface area contributed by atoms with Crippen LogP contribution in [0.1, 0.15) is 18.5 Å². The molecule has 2 aromatic rings. The minimum atomic E-state index is 0.145. The molecule has 4 N–H and O–H groups in total. The second kappa shape index (κ2) is 6.06. The molecular weight excluding hydrogens is 240 g/mol. The lowest BCUT2D eigenvalue weighted by molar-refractivity contribution is 0.414. The first-order chi connectivity index (χ1) is 9.22. The largest absolute Gasteiger partial charge is 0.497 e. The van der Waals surface area contributed by atoms with E-state index in [1.165, 1.54) is 0 Å². The molecule has 1 unspecified atom stereocenters. The number of pyridine rings is 1. The second-order valence-corrected chi connectivity index (χ2v) is 4.19. The number of nitrogens with zero attached hydrogens (tertiary/aromatic N) is 1. The molecule has 5 heteroatoms. The summed E-state index contributed by atoms with van der Waals surface area (Å²) < 4.78 is 5.14. The van der Waals surface area contributed by atoms with E-state index in [4.69, 9.17) is 10.6 Å². The highest BCUT2D eigenvalue weighted by molar-refractivity contribution is 5.46. The topological polar surface area (TPSA) is 72.2 Å². The standard InChI is InChI=1S/C14H18N4O/c1-10(11-6-8-12(19-2)9-7-11)16-13-4-3-5-14(17-13)18-15/h3-10H,15H2,1-2H3,(H2,16,17,18). The van der Waals surface area contributed by atoms with Crippen LogP contribution in [0.5, 0.6) is 5.75 Å². The number of hydrazine groups is 1. The molecule has 0 saturated carbocycles. The number of aromatic nitrogens is 1. The lowest BCUT2D eigenvalue weighted by atomic mass is 10.1. The van der Waals surface area contributed by atoms with Crippen LogP contribution in [0.3, 0.4) is 0 Å². The summed E-state index contributed by atoms with van der Waals surface area (Å²) in [6, 6.07) is 13.7. The van der Waals surface area contributed by atoms with Crippen molar-refractivity contribution < 1.29 is 4.74 Å². The molecule has 1 atom stereocenters. The van der Waals surface area contributed by atoms with Gasteiger partial charge in [-0.15, -0.1) is 0 Å². The normalized spacial score (nSPS) is 11.7. The maximum atomic E-state index is 5.34. The molecular formula is C14H18N4O. The molecule has 0 radical (unpaired) electrons. The van der Waals surface area contributed by atoms with Crippen molar-refractivity contribution in [2.24, 2.45) is 5.84 Å². The Balaban J connectivity index is 2.08. The lowest BCUT2D eigenvalue weighted by Gasteiger charge is -2.15. The Morgan fingerprint density at radius 3 is 2.42 bits per heavy atom. The Kier molecular flexibility index (Phi) is 4.20. The summed E-state index contributed by atoms with van der Waals surface area (Å²) in [5.41, 5.74) is 3.69. The van der Waals surface area contributed by atoms with Crippen LogP contribution < -0.4 is 21.3 Å². The van der Waals surface area contributed by atoms with Gasteiger partial charge in [-0.3, -0.25) is 0 Å². The Morgan fingerprint density at radius 1 is 1.11 bits per heavy atom. The van der Waals surface area contributed by atoms with Gasteiger partial charge in [-0.25, -0.2) is 10.8 Å². The number of methoxy groups -OCH3 is 1. The van der Waals surface area contributed by atoms with Gasteiger partial charge < -0.3 is 15.5 Å².